The van der Waals surface area contributed by atoms with Crippen molar-refractivity contribution in [2.75, 3.05) is 109 Å². The van der Waals surface area contributed by atoms with E-state index in [4.69, 9.17) is 18.9 Å². The lowest BCUT2D eigenvalue weighted by atomic mass is 10.0. The molecule has 0 radical (unpaired) electrons. The topological polar surface area (TPSA) is 100 Å². The molecule has 5 heterocycles. The Morgan fingerprint density at radius 1 is 0.253 bits per heavy atom. The van der Waals surface area contributed by atoms with Crippen molar-refractivity contribution in [1.29, 1.82) is 0 Å². The fraction of sp³-hybridized carbons (Fsp3) is 0.421. The maximum Gasteiger partial charge on any atom is 0.119 e. The van der Waals surface area contributed by atoms with Crippen LogP contribution in [0.25, 0.3) is 22.3 Å². The van der Waals surface area contributed by atoms with Gasteiger partial charge in [-0.15, -0.1) is 0 Å². The fourth-order valence-corrected chi connectivity index (χ4v) is 11.7. The number of aromatic amines is 4. The molecule has 0 aliphatic carbocycles. The first-order valence-corrected chi connectivity index (χ1v) is 32.6. The van der Waals surface area contributed by atoms with Crippen LogP contribution in [0, 0.1) is 0 Å². The van der Waals surface area contributed by atoms with Crippen LogP contribution in [0.3, 0.4) is 0 Å². The van der Waals surface area contributed by atoms with Crippen LogP contribution < -0.4 is 40.3 Å². The molecule has 0 atom stereocenters. The zero-order chi connectivity index (χ0) is 61.2. The van der Waals surface area contributed by atoms with Gasteiger partial charge in [-0.3, -0.25) is 0 Å². The minimum atomic E-state index is 0.694. The van der Waals surface area contributed by atoms with Gasteiger partial charge in [0.15, 0.2) is 0 Å². The standard InChI is InChI=1S/C76H102N7O4/c1-11-12-13-14-15-22-53-84-61-34-26-57(27-35-61)73-65-42-44-67(77-65)74(58-28-36-62(37-29-58)85-54-23-16-19-50-81(2,3)4)69-46-48-71(79-69)76(60-32-40-64(41-33-60)87-56-25-18-21-52-83(8,9)10)72-49-47-70(80-72)75(68-45-43-66(73)78-68)59-30-38-63(39-31-59)86-55-24-17-20-51-82(5,6)7/h26-49,77-80H,11-25,50-56H2,1-10H3/q+3. The third kappa shape index (κ3) is 19.0. The molecule has 0 saturated carbocycles. The molecule has 4 N–H and O–H groups in total. The zero-order valence-corrected chi connectivity index (χ0v) is 54.4. The highest BCUT2D eigenvalue weighted by Gasteiger charge is 2.20. The number of H-pyrrole nitrogens is 4. The Bertz CT molecular complexity index is 3650. The Morgan fingerprint density at radius 3 is 0.724 bits per heavy atom. The van der Waals surface area contributed by atoms with E-state index in [1.807, 2.05) is 0 Å². The summed E-state index contributed by atoms with van der Waals surface area (Å²) in [6.07, 6.45) is 17.5. The Morgan fingerprint density at radius 2 is 0.483 bits per heavy atom. The van der Waals surface area contributed by atoms with Crippen LogP contribution in [0.2, 0.25) is 0 Å². The van der Waals surface area contributed by atoms with E-state index >= 15 is 0 Å². The second-order valence-electron chi connectivity index (χ2n) is 27.1. The summed E-state index contributed by atoms with van der Waals surface area (Å²) in [5, 5.41) is 3.95. The third-order valence-electron chi connectivity index (χ3n) is 16.5. The van der Waals surface area contributed by atoms with Crippen molar-refractivity contribution >= 4 is 22.3 Å². The van der Waals surface area contributed by atoms with Crippen molar-refractivity contribution in [1.82, 2.24) is 19.9 Å². The first-order valence-electron chi connectivity index (χ1n) is 32.6. The number of fused-ring (bicyclic) bond motifs is 8. The highest BCUT2D eigenvalue weighted by atomic mass is 16.5. The zero-order valence-electron chi connectivity index (χ0n) is 54.4. The molecular weight excluding hydrogens is 1070 g/mol. The Kier molecular flexibility index (Phi) is 22.4. The number of nitrogens with one attached hydrogen (secondary N) is 4. The number of hydrogen-bond donors (Lipinski definition) is 4. The van der Waals surface area contributed by atoms with Crippen molar-refractivity contribution in [3.05, 3.63) is 212 Å². The highest BCUT2D eigenvalue weighted by molar-refractivity contribution is 5.85. The van der Waals surface area contributed by atoms with Crippen molar-refractivity contribution in [3.63, 3.8) is 0 Å². The number of rotatable bonds is 33. The average Bonchev–Trinajstić information content (AvgIpc) is 1.80. The van der Waals surface area contributed by atoms with Crippen LogP contribution in [0.5, 0.6) is 23.0 Å². The monoisotopic (exact) mass is 1180 g/mol. The quantitative estimate of drug-likeness (QED) is 0.0243. The number of ether oxygens (including phenoxy) is 4. The molecule has 87 heavy (non-hydrogen) atoms. The summed E-state index contributed by atoms with van der Waals surface area (Å²) in [6, 6.07) is 52.3. The van der Waals surface area contributed by atoms with Crippen LogP contribution >= 0.6 is 0 Å². The largest absolute Gasteiger partial charge is 0.494 e. The first kappa shape index (κ1) is 64.0. The van der Waals surface area contributed by atoms with E-state index in [0.717, 1.165) is 190 Å². The van der Waals surface area contributed by atoms with Gasteiger partial charge in [-0.05, 0) is 184 Å². The lowest BCUT2D eigenvalue weighted by Crippen LogP contribution is -2.35. The first-order chi connectivity index (χ1) is 42.0. The molecule has 11 heteroatoms. The van der Waals surface area contributed by atoms with Gasteiger partial charge in [-0.1, -0.05) is 87.6 Å². The predicted molar refractivity (Wildman–Crippen MR) is 359 cm³/mol. The van der Waals surface area contributed by atoms with Crippen LogP contribution in [0.1, 0.15) is 148 Å². The van der Waals surface area contributed by atoms with E-state index in [9.17, 15) is 0 Å². The van der Waals surface area contributed by atoms with Crippen LogP contribution in [0.15, 0.2) is 146 Å². The Balaban J connectivity index is 1.14. The molecule has 0 unspecified atom stereocenters. The summed E-state index contributed by atoms with van der Waals surface area (Å²) >= 11 is 0. The van der Waals surface area contributed by atoms with Gasteiger partial charge in [-0.2, -0.15) is 0 Å². The van der Waals surface area contributed by atoms with Gasteiger partial charge >= 0.3 is 0 Å². The number of benzene rings is 4. The average molecular weight is 1180 g/mol. The summed E-state index contributed by atoms with van der Waals surface area (Å²) in [7, 11) is 20.3. The minimum Gasteiger partial charge on any atom is -0.494 e. The van der Waals surface area contributed by atoms with Gasteiger partial charge in [0.2, 0.25) is 0 Å². The third-order valence-corrected chi connectivity index (χ3v) is 16.5. The number of quaternary nitrogens is 3. The maximum atomic E-state index is 6.36. The summed E-state index contributed by atoms with van der Waals surface area (Å²) in [5.41, 5.74) is 12.4. The molecule has 1 aliphatic heterocycles. The normalized spacial score (nSPS) is 12.9. The molecule has 0 amide bonds. The molecule has 8 bridgehead atoms. The van der Waals surface area contributed by atoms with E-state index < -0.39 is 0 Å². The SMILES string of the molecule is CCCCCCCCOc1ccc(C2=c3ccc([nH]3)=C(c3ccc(OCCCCC[N+](C)(C)C)cc3)c3ccc([nH]3)C(c3ccc(OCCCCC[N+](C)(C)C)cc3)=c3ccc([nH]3)=C(c3ccc(OCCCCC[N+](C)(C)C)cc3)c3ccc2[nH]3)cc1. The number of unbranched alkanes of at least 4 members (excludes halogenated alkanes) is 11. The highest BCUT2D eigenvalue weighted by Crippen LogP contribution is 2.31. The molecule has 0 fully saturated rings. The molecule has 8 aromatic rings. The van der Waals surface area contributed by atoms with Gasteiger partial charge in [0.05, 0.1) is 109 Å². The molecule has 1 aliphatic rings. The van der Waals surface area contributed by atoms with E-state index in [1.54, 1.807) is 0 Å². The number of aromatic nitrogens is 4. The molecule has 4 aromatic carbocycles. The van der Waals surface area contributed by atoms with Crippen molar-refractivity contribution in [2.24, 2.45) is 0 Å². The summed E-state index contributed by atoms with van der Waals surface area (Å²) < 4.78 is 28.4. The van der Waals surface area contributed by atoms with Crippen molar-refractivity contribution in [3.8, 4) is 23.0 Å². The van der Waals surface area contributed by atoms with Gasteiger partial charge < -0.3 is 52.3 Å². The van der Waals surface area contributed by atoms with E-state index in [1.165, 1.54) is 51.4 Å². The van der Waals surface area contributed by atoms with Crippen molar-refractivity contribution in [2.45, 2.75) is 103 Å². The number of hydrogen-bond acceptors (Lipinski definition) is 4. The smallest absolute Gasteiger partial charge is 0.119 e. The molecular formula is C76H102N7O4+3. The maximum absolute atomic E-state index is 6.36. The summed E-state index contributed by atoms with van der Waals surface area (Å²) in [5.74, 6) is 3.50. The fourth-order valence-electron chi connectivity index (χ4n) is 11.7. The molecule has 9 rings (SSSR count). The molecule has 4 aromatic heterocycles. The number of nitrogens with zero attached hydrogens (tertiary/aromatic N) is 3. The van der Waals surface area contributed by atoms with Crippen LogP contribution in [0.4, 0.5) is 0 Å². The molecule has 462 valence electrons. The molecule has 11 nitrogen and oxygen atoms in total. The van der Waals surface area contributed by atoms with Crippen LogP contribution in [-0.4, -0.2) is 143 Å². The van der Waals surface area contributed by atoms with Gasteiger partial charge in [0.1, 0.15) is 23.0 Å². The van der Waals surface area contributed by atoms with Crippen LogP contribution in [-0.2, 0) is 0 Å². The predicted octanol–water partition coefficient (Wildman–Crippen LogP) is 12.8. The van der Waals surface area contributed by atoms with Crippen molar-refractivity contribution < 1.29 is 32.4 Å². The molecule has 0 spiro atoms. The summed E-state index contributed by atoms with van der Waals surface area (Å²) in [6.45, 7) is 8.55. The Hall–Kier alpha value is -7.44. The molecule has 0 saturated heterocycles. The van der Waals surface area contributed by atoms with Gasteiger partial charge in [-0.25, -0.2) is 0 Å². The van der Waals surface area contributed by atoms with Gasteiger partial charge in [0.25, 0.3) is 0 Å². The Labute approximate surface area is 519 Å². The lowest BCUT2D eigenvalue weighted by Gasteiger charge is -2.23. The van der Waals surface area contributed by atoms with E-state index in [0.29, 0.717) is 26.4 Å². The second kappa shape index (κ2) is 30.5. The minimum absolute atomic E-state index is 0.694. The van der Waals surface area contributed by atoms with E-state index in [2.05, 4.69) is 236 Å². The second-order valence-corrected chi connectivity index (χ2v) is 27.1. The van der Waals surface area contributed by atoms with Gasteiger partial charge in [0, 0.05) is 66.5 Å². The summed E-state index contributed by atoms with van der Waals surface area (Å²) in [4.78, 5) is 15.9. The lowest BCUT2D eigenvalue weighted by molar-refractivity contribution is -0.870. The van der Waals surface area contributed by atoms with E-state index in [-0.39, 0.29) is 0 Å².